The molecular formula is C16H24N2O. The van der Waals surface area contributed by atoms with Crippen LogP contribution in [0.2, 0.25) is 0 Å². The third kappa shape index (κ3) is 3.35. The van der Waals surface area contributed by atoms with Crippen LogP contribution in [0.1, 0.15) is 50.8 Å². The number of aryl methyl sites for hydroxylation is 1. The van der Waals surface area contributed by atoms with Gasteiger partial charge in [-0.2, -0.15) is 0 Å². The van der Waals surface area contributed by atoms with Crippen LogP contribution in [-0.2, 0) is 11.2 Å². The molecule has 0 spiro atoms. The molecule has 19 heavy (non-hydrogen) atoms. The lowest BCUT2D eigenvalue weighted by Crippen LogP contribution is -2.46. The van der Waals surface area contributed by atoms with Crippen molar-refractivity contribution < 1.29 is 4.79 Å². The largest absolute Gasteiger partial charge is 0.352 e. The summed E-state index contributed by atoms with van der Waals surface area (Å²) in [6.07, 6.45) is 3.15. The van der Waals surface area contributed by atoms with Gasteiger partial charge in [-0.25, -0.2) is 0 Å². The predicted octanol–water partition coefficient (Wildman–Crippen LogP) is 2.57. The van der Waals surface area contributed by atoms with Gasteiger partial charge in [-0.1, -0.05) is 31.2 Å². The van der Waals surface area contributed by atoms with Crippen molar-refractivity contribution in [3.05, 3.63) is 35.4 Å². The molecule has 1 amide bonds. The van der Waals surface area contributed by atoms with E-state index in [9.17, 15) is 4.79 Å². The maximum atomic E-state index is 12.0. The number of rotatable bonds is 5. The summed E-state index contributed by atoms with van der Waals surface area (Å²) in [4.78, 5) is 12.0. The minimum atomic E-state index is -0.148. The molecule has 2 rings (SSSR count). The van der Waals surface area contributed by atoms with Crippen LogP contribution in [0.25, 0.3) is 0 Å². The third-order valence-corrected chi connectivity index (χ3v) is 3.98. The first kappa shape index (κ1) is 14.1. The molecule has 3 atom stereocenters. The second-order valence-electron chi connectivity index (χ2n) is 5.50. The molecule has 1 aliphatic carbocycles. The number of nitrogens with one attached hydrogen (secondary N) is 2. The van der Waals surface area contributed by atoms with E-state index in [0.29, 0.717) is 6.04 Å². The van der Waals surface area contributed by atoms with Crippen LogP contribution in [0.5, 0.6) is 0 Å². The molecule has 0 radical (unpaired) electrons. The Hall–Kier alpha value is -1.35. The number of hydrogen-bond donors (Lipinski definition) is 2. The van der Waals surface area contributed by atoms with Gasteiger partial charge in [0.25, 0.3) is 0 Å². The standard InChI is InChI=1S/C16H24N2O/c1-4-11(2)17-16(19)12(3)18-15-10-9-13-7-5-6-8-14(13)15/h5-8,11-12,15,18H,4,9-10H2,1-3H3,(H,17,19). The molecular weight excluding hydrogens is 236 g/mol. The van der Waals surface area contributed by atoms with Crippen molar-refractivity contribution in [1.29, 1.82) is 0 Å². The summed E-state index contributed by atoms with van der Waals surface area (Å²) in [6, 6.07) is 8.91. The van der Waals surface area contributed by atoms with Gasteiger partial charge >= 0.3 is 0 Å². The summed E-state index contributed by atoms with van der Waals surface area (Å²) >= 11 is 0. The number of carbonyl (C=O) groups is 1. The van der Waals surface area contributed by atoms with Crippen molar-refractivity contribution in [3.8, 4) is 0 Å². The summed E-state index contributed by atoms with van der Waals surface area (Å²) in [5.41, 5.74) is 2.76. The third-order valence-electron chi connectivity index (χ3n) is 3.98. The molecule has 0 heterocycles. The fourth-order valence-corrected chi connectivity index (χ4v) is 2.58. The number of carbonyl (C=O) groups excluding carboxylic acids is 1. The zero-order valence-electron chi connectivity index (χ0n) is 12.1. The number of amides is 1. The van der Waals surface area contributed by atoms with Crippen molar-refractivity contribution in [2.45, 2.75) is 58.2 Å². The van der Waals surface area contributed by atoms with Gasteiger partial charge in [0, 0.05) is 12.1 Å². The van der Waals surface area contributed by atoms with Crippen LogP contribution in [0.3, 0.4) is 0 Å². The minimum absolute atomic E-state index is 0.0960. The Balaban J connectivity index is 1.93. The first-order valence-corrected chi connectivity index (χ1v) is 7.26. The zero-order valence-corrected chi connectivity index (χ0v) is 12.1. The first-order valence-electron chi connectivity index (χ1n) is 7.26. The van der Waals surface area contributed by atoms with Crippen molar-refractivity contribution in [3.63, 3.8) is 0 Å². The van der Waals surface area contributed by atoms with E-state index in [1.54, 1.807) is 0 Å². The molecule has 2 N–H and O–H groups in total. The molecule has 1 aromatic rings. The summed E-state index contributed by atoms with van der Waals surface area (Å²) < 4.78 is 0. The van der Waals surface area contributed by atoms with Gasteiger partial charge in [0.1, 0.15) is 0 Å². The second kappa shape index (κ2) is 6.20. The number of fused-ring (bicyclic) bond motifs is 1. The van der Waals surface area contributed by atoms with Crippen LogP contribution in [0.15, 0.2) is 24.3 Å². The fourth-order valence-electron chi connectivity index (χ4n) is 2.58. The maximum absolute atomic E-state index is 12.0. The highest BCUT2D eigenvalue weighted by atomic mass is 16.2. The van der Waals surface area contributed by atoms with Crippen molar-refractivity contribution in [2.75, 3.05) is 0 Å². The quantitative estimate of drug-likeness (QED) is 0.854. The van der Waals surface area contributed by atoms with Crippen molar-refractivity contribution in [1.82, 2.24) is 10.6 Å². The molecule has 0 aliphatic heterocycles. The Morgan fingerprint density at radius 1 is 1.37 bits per heavy atom. The van der Waals surface area contributed by atoms with E-state index in [1.165, 1.54) is 11.1 Å². The van der Waals surface area contributed by atoms with Crippen LogP contribution in [0, 0.1) is 0 Å². The van der Waals surface area contributed by atoms with Gasteiger partial charge in [0.2, 0.25) is 5.91 Å². The van der Waals surface area contributed by atoms with E-state index in [2.05, 4.69) is 41.8 Å². The topological polar surface area (TPSA) is 41.1 Å². The molecule has 0 bridgehead atoms. The average Bonchev–Trinajstić information content (AvgIpc) is 2.82. The Kier molecular flexibility index (Phi) is 4.59. The van der Waals surface area contributed by atoms with Gasteiger partial charge in [-0.15, -0.1) is 0 Å². The van der Waals surface area contributed by atoms with E-state index in [1.807, 2.05) is 13.8 Å². The minimum Gasteiger partial charge on any atom is -0.352 e. The van der Waals surface area contributed by atoms with Crippen LogP contribution >= 0.6 is 0 Å². The average molecular weight is 260 g/mol. The van der Waals surface area contributed by atoms with Gasteiger partial charge in [-0.05, 0) is 44.2 Å². The van der Waals surface area contributed by atoms with Crippen LogP contribution in [-0.4, -0.2) is 18.0 Å². The first-order chi connectivity index (χ1) is 9.11. The van der Waals surface area contributed by atoms with E-state index in [4.69, 9.17) is 0 Å². The van der Waals surface area contributed by atoms with Gasteiger partial charge in [-0.3, -0.25) is 10.1 Å². The zero-order chi connectivity index (χ0) is 13.8. The fraction of sp³-hybridized carbons (Fsp3) is 0.562. The summed E-state index contributed by atoms with van der Waals surface area (Å²) in [7, 11) is 0. The monoisotopic (exact) mass is 260 g/mol. The Labute approximate surface area is 115 Å². The summed E-state index contributed by atoms with van der Waals surface area (Å²) in [5.74, 6) is 0.0960. The molecule has 1 aromatic carbocycles. The van der Waals surface area contributed by atoms with E-state index >= 15 is 0 Å². The maximum Gasteiger partial charge on any atom is 0.237 e. The summed E-state index contributed by atoms with van der Waals surface area (Å²) in [6.45, 7) is 6.06. The molecule has 104 valence electrons. The van der Waals surface area contributed by atoms with Gasteiger partial charge < -0.3 is 5.32 Å². The molecule has 3 nitrogen and oxygen atoms in total. The molecule has 1 aliphatic rings. The van der Waals surface area contributed by atoms with Gasteiger partial charge in [0.05, 0.1) is 6.04 Å². The molecule has 3 heteroatoms. The van der Waals surface area contributed by atoms with Crippen LogP contribution < -0.4 is 10.6 Å². The number of benzene rings is 1. The van der Waals surface area contributed by atoms with E-state index in [0.717, 1.165) is 19.3 Å². The van der Waals surface area contributed by atoms with E-state index in [-0.39, 0.29) is 18.0 Å². The second-order valence-corrected chi connectivity index (χ2v) is 5.50. The van der Waals surface area contributed by atoms with Crippen molar-refractivity contribution in [2.24, 2.45) is 0 Å². The Morgan fingerprint density at radius 3 is 2.84 bits per heavy atom. The Morgan fingerprint density at radius 2 is 2.11 bits per heavy atom. The molecule has 0 saturated heterocycles. The van der Waals surface area contributed by atoms with Gasteiger partial charge in [0.15, 0.2) is 0 Å². The molecule has 3 unspecified atom stereocenters. The smallest absolute Gasteiger partial charge is 0.237 e. The highest BCUT2D eigenvalue weighted by Crippen LogP contribution is 2.30. The highest BCUT2D eigenvalue weighted by molar-refractivity contribution is 5.81. The van der Waals surface area contributed by atoms with Crippen molar-refractivity contribution >= 4 is 5.91 Å². The lowest BCUT2D eigenvalue weighted by molar-refractivity contribution is -0.123. The normalized spacial score (nSPS) is 20.7. The SMILES string of the molecule is CCC(C)NC(=O)C(C)NC1CCc2ccccc21. The molecule has 0 saturated carbocycles. The lowest BCUT2D eigenvalue weighted by atomic mass is 10.1. The van der Waals surface area contributed by atoms with Crippen LogP contribution in [0.4, 0.5) is 0 Å². The number of hydrogen-bond acceptors (Lipinski definition) is 2. The lowest BCUT2D eigenvalue weighted by Gasteiger charge is -2.21. The molecule has 0 aromatic heterocycles. The predicted molar refractivity (Wildman–Crippen MR) is 78.0 cm³/mol. The Bertz CT molecular complexity index is 444. The van der Waals surface area contributed by atoms with E-state index < -0.39 is 0 Å². The highest BCUT2D eigenvalue weighted by Gasteiger charge is 2.25. The summed E-state index contributed by atoms with van der Waals surface area (Å²) in [5, 5.41) is 6.48. The molecule has 0 fully saturated rings.